The number of piperazine rings is 1. The smallest absolute Gasteiger partial charge is 0.420 e. The highest BCUT2D eigenvalue weighted by Gasteiger charge is 2.35. The summed E-state index contributed by atoms with van der Waals surface area (Å²) in [7, 11) is 0. The maximum absolute atomic E-state index is 12.9. The molecule has 1 N–H and O–H groups in total. The number of benzene rings is 1. The number of anilines is 3. The fourth-order valence-corrected chi connectivity index (χ4v) is 3.97. The molecule has 34 heavy (non-hydrogen) atoms. The molecule has 0 bridgehead atoms. The van der Waals surface area contributed by atoms with Gasteiger partial charge in [-0.2, -0.15) is 13.2 Å². The zero-order chi connectivity index (χ0) is 25.3. The minimum absolute atomic E-state index is 0.0141. The van der Waals surface area contributed by atoms with Crippen LogP contribution in [-0.2, 0) is 17.3 Å². The van der Waals surface area contributed by atoms with Crippen molar-refractivity contribution in [3.63, 3.8) is 0 Å². The first kappa shape index (κ1) is 25.9. The normalized spacial score (nSPS) is 17.0. The summed E-state index contributed by atoms with van der Waals surface area (Å²) in [4.78, 5) is 23.9. The highest BCUT2D eigenvalue weighted by molar-refractivity contribution is 6.30. The van der Waals surface area contributed by atoms with Crippen LogP contribution in [0.1, 0.15) is 45.7 Å². The zero-order valence-corrected chi connectivity index (χ0v) is 20.6. The first-order valence-electron chi connectivity index (χ1n) is 11.0. The minimum Gasteiger partial charge on any atom is -0.444 e. The summed E-state index contributed by atoms with van der Waals surface area (Å²) in [5.74, 6) is -0.0141. The van der Waals surface area contributed by atoms with Crippen LogP contribution in [0.4, 0.5) is 35.3 Å². The van der Waals surface area contributed by atoms with E-state index >= 15 is 0 Å². The summed E-state index contributed by atoms with van der Waals surface area (Å²) >= 11 is 5.71. The van der Waals surface area contributed by atoms with E-state index in [0.717, 1.165) is 11.3 Å². The highest BCUT2D eigenvalue weighted by atomic mass is 35.5. The van der Waals surface area contributed by atoms with E-state index in [1.165, 1.54) is 0 Å². The van der Waals surface area contributed by atoms with E-state index < -0.39 is 22.5 Å². The molecule has 1 atom stereocenters. The van der Waals surface area contributed by atoms with Gasteiger partial charge in [0.2, 0.25) is 5.95 Å². The predicted octanol–water partition coefficient (Wildman–Crippen LogP) is 5.90. The molecule has 1 aliphatic heterocycles. The molecule has 11 heteroatoms. The van der Waals surface area contributed by atoms with Crippen LogP contribution in [0.2, 0.25) is 5.15 Å². The van der Waals surface area contributed by atoms with Gasteiger partial charge in [-0.1, -0.05) is 18.5 Å². The molecule has 1 aromatic carbocycles. The second kappa shape index (κ2) is 9.85. The number of nitrogens with zero attached hydrogens (tertiary/aromatic N) is 4. The van der Waals surface area contributed by atoms with E-state index in [1.807, 2.05) is 52.8 Å². The van der Waals surface area contributed by atoms with Crippen LogP contribution < -0.4 is 10.2 Å². The number of ether oxygens (including phenoxy) is 1. The number of aryl methyl sites for hydroxylation is 1. The van der Waals surface area contributed by atoms with Crippen LogP contribution in [0.25, 0.3) is 0 Å². The van der Waals surface area contributed by atoms with E-state index in [1.54, 1.807) is 4.90 Å². The Hall–Kier alpha value is -2.75. The van der Waals surface area contributed by atoms with Crippen molar-refractivity contribution < 1.29 is 22.7 Å². The van der Waals surface area contributed by atoms with E-state index in [-0.39, 0.29) is 18.1 Å². The Balaban J connectivity index is 1.73. The van der Waals surface area contributed by atoms with E-state index in [2.05, 4.69) is 20.2 Å². The van der Waals surface area contributed by atoms with E-state index in [0.29, 0.717) is 37.9 Å². The van der Waals surface area contributed by atoms with Crippen LogP contribution in [0.5, 0.6) is 0 Å². The SMILES string of the molecule is CCc1cc(N2CCN(C(=O)OC(C)(C)C)C[C@@H]2C)ccc1Nc1ncc(C(F)(F)F)c(Cl)n1. The van der Waals surface area contributed by atoms with Gasteiger partial charge in [0.25, 0.3) is 0 Å². The molecule has 1 aromatic heterocycles. The van der Waals surface area contributed by atoms with Gasteiger partial charge in [0, 0.05) is 43.2 Å². The van der Waals surface area contributed by atoms with Crippen molar-refractivity contribution in [1.29, 1.82) is 0 Å². The molecule has 0 radical (unpaired) electrons. The summed E-state index contributed by atoms with van der Waals surface area (Å²) < 4.78 is 44.2. The lowest BCUT2D eigenvalue weighted by Gasteiger charge is -2.41. The summed E-state index contributed by atoms with van der Waals surface area (Å²) in [5, 5.41) is 2.31. The number of amides is 1. The number of hydrogen-bond acceptors (Lipinski definition) is 6. The lowest BCUT2D eigenvalue weighted by atomic mass is 10.1. The molecule has 2 heterocycles. The second-order valence-electron chi connectivity index (χ2n) is 9.18. The molecule has 0 aliphatic carbocycles. The average Bonchev–Trinajstić information content (AvgIpc) is 2.72. The lowest BCUT2D eigenvalue weighted by molar-refractivity contribution is -0.137. The topological polar surface area (TPSA) is 70.6 Å². The van der Waals surface area contributed by atoms with Gasteiger partial charge in [-0.25, -0.2) is 14.8 Å². The molecule has 0 saturated carbocycles. The molecular formula is C23H29ClF3N5O2. The summed E-state index contributed by atoms with van der Waals surface area (Å²) in [6, 6.07) is 5.86. The van der Waals surface area contributed by atoms with Gasteiger partial charge < -0.3 is 19.9 Å². The van der Waals surface area contributed by atoms with Gasteiger partial charge >= 0.3 is 12.3 Å². The van der Waals surface area contributed by atoms with Crippen molar-refractivity contribution in [3.05, 3.63) is 40.7 Å². The number of carbonyl (C=O) groups excluding carboxylic acids is 1. The summed E-state index contributed by atoms with van der Waals surface area (Å²) in [5.41, 5.74) is 0.994. The van der Waals surface area contributed by atoms with Gasteiger partial charge in [-0.3, -0.25) is 0 Å². The monoisotopic (exact) mass is 499 g/mol. The fraction of sp³-hybridized carbons (Fsp3) is 0.522. The molecule has 2 aromatic rings. The largest absolute Gasteiger partial charge is 0.444 e. The third-order valence-corrected chi connectivity index (χ3v) is 5.66. The Labute approximate surface area is 202 Å². The van der Waals surface area contributed by atoms with Crippen molar-refractivity contribution in [2.24, 2.45) is 0 Å². The van der Waals surface area contributed by atoms with Crippen molar-refractivity contribution >= 4 is 35.0 Å². The quantitative estimate of drug-likeness (QED) is 0.528. The van der Waals surface area contributed by atoms with Crippen LogP contribution in [0, 0.1) is 0 Å². The van der Waals surface area contributed by atoms with E-state index in [9.17, 15) is 18.0 Å². The molecular weight excluding hydrogens is 471 g/mol. The van der Waals surface area contributed by atoms with E-state index in [4.69, 9.17) is 16.3 Å². The Bertz CT molecular complexity index is 1040. The number of halogens is 4. The van der Waals surface area contributed by atoms with Crippen LogP contribution in [-0.4, -0.2) is 52.2 Å². The van der Waals surface area contributed by atoms with Crippen molar-refractivity contribution in [2.75, 3.05) is 29.9 Å². The molecule has 0 unspecified atom stereocenters. The van der Waals surface area contributed by atoms with Crippen LogP contribution >= 0.6 is 11.6 Å². The molecule has 186 valence electrons. The Kier molecular flexibility index (Phi) is 7.50. The number of hydrogen-bond donors (Lipinski definition) is 1. The second-order valence-corrected chi connectivity index (χ2v) is 9.54. The molecule has 1 aliphatic rings. The minimum atomic E-state index is -4.62. The average molecular weight is 500 g/mol. The fourth-order valence-electron chi connectivity index (χ4n) is 3.74. The summed E-state index contributed by atoms with van der Waals surface area (Å²) in [6.07, 6.45) is -3.58. The molecule has 7 nitrogen and oxygen atoms in total. The number of carbonyl (C=O) groups is 1. The van der Waals surface area contributed by atoms with Crippen LogP contribution in [0.3, 0.4) is 0 Å². The molecule has 3 rings (SSSR count). The Morgan fingerprint density at radius 3 is 2.53 bits per heavy atom. The Morgan fingerprint density at radius 2 is 1.97 bits per heavy atom. The third-order valence-electron chi connectivity index (χ3n) is 5.37. The molecule has 0 spiro atoms. The first-order chi connectivity index (χ1) is 15.8. The summed E-state index contributed by atoms with van der Waals surface area (Å²) in [6.45, 7) is 11.3. The van der Waals surface area contributed by atoms with Gasteiger partial charge in [0.05, 0.1) is 0 Å². The van der Waals surface area contributed by atoms with Gasteiger partial charge in [0.1, 0.15) is 16.3 Å². The van der Waals surface area contributed by atoms with Crippen molar-refractivity contribution in [3.8, 4) is 0 Å². The zero-order valence-electron chi connectivity index (χ0n) is 19.8. The lowest BCUT2D eigenvalue weighted by Crippen LogP contribution is -2.54. The number of aromatic nitrogens is 2. The number of rotatable bonds is 4. The predicted molar refractivity (Wildman–Crippen MR) is 126 cm³/mol. The first-order valence-corrected chi connectivity index (χ1v) is 11.4. The standard InChI is InChI=1S/C23H29ClF3N5O2/c1-6-15-11-16(32-10-9-31(13-14(32)2)21(33)34-22(3,4)5)7-8-18(15)29-20-28-12-17(19(24)30-20)23(25,26)27/h7-8,11-12,14H,6,9-10,13H2,1-5H3,(H,28,29,30)/t14-/m0/s1. The molecule has 1 amide bonds. The van der Waals surface area contributed by atoms with Crippen LogP contribution in [0.15, 0.2) is 24.4 Å². The number of nitrogens with one attached hydrogen (secondary N) is 1. The maximum Gasteiger partial charge on any atom is 0.420 e. The highest BCUT2D eigenvalue weighted by Crippen LogP contribution is 2.34. The van der Waals surface area contributed by atoms with Gasteiger partial charge in [0.15, 0.2) is 0 Å². The van der Waals surface area contributed by atoms with Crippen molar-refractivity contribution in [1.82, 2.24) is 14.9 Å². The Morgan fingerprint density at radius 1 is 1.26 bits per heavy atom. The third kappa shape index (κ3) is 6.22. The maximum atomic E-state index is 12.9. The van der Waals surface area contributed by atoms with Crippen molar-refractivity contribution in [2.45, 2.75) is 58.9 Å². The molecule has 1 saturated heterocycles. The number of alkyl halides is 3. The van der Waals surface area contributed by atoms with Gasteiger partial charge in [-0.05, 0) is 57.9 Å². The van der Waals surface area contributed by atoms with Gasteiger partial charge in [-0.15, -0.1) is 0 Å². The molecule has 1 fully saturated rings.